The maximum atomic E-state index is 13.3. The van der Waals surface area contributed by atoms with Gasteiger partial charge in [0.25, 0.3) is 5.91 Å². The second-order valence-corrected chi connectivity index (χ2v) is 10.9. The summed E-state index contributed by atoms with van der Waals surface area (Å²) >= 11 is 0. The van der Waals surface area contributed by atoms with Gasteiger partial charge in [-0.2, -0.15) is 0 Å². The van der Waals surface area contributed by atoms with Crippen LogP contribution in [0.2, 0.25) is 0 Å². The number of carbonyl (C=O) groups excluding carboxylic acids is 3. The van der Waals surface area contributed by atoms with Gasteiger partial charge in [0, 0.05) is 29.2 Å². The number of urea groups is 1. The van der Waals surface area contributed by atoms with Crippen LogP contribution in [0.25, 0.3) is 10.9 Å². The predicted octanol–water partition coefficient (Wildman–Crippen LogP) is 1.85. The lowest BCUT2D eigenvalue weighted by Gasteiger charge is -2.29. The number of nitrogens with one attached hydrogen (secondary N) is 2. The van der Waals surface area contributed by atoms with E-state index in [2.05, 4.69) is 10.3 Å². The number of aromatic nitrogens is 1. The summed E-state index contributed by atoms with van der Waals surface area (Å²) in [6.07, 6.45) is 2.42. The molecule has 0 radical (unpaired) electrons. The molecule has 2 aliphatic heterocycles. The van der Waals surface area contributed by atoms with Gasteiger partial charge in [-0.1, -0.05) is 36.4 Å². The van der Waals surface area contributed by atoms with Gasteiger partial charge >= 0.3 is 6.03 Å². The molecule has 2 aliphatic rings. The van der Waals surface area contributed by atoms with E-state index in [0.717, 1.165) is 21.4 Å². The van der Waals surface area contributed by atoms with Crippen LogP contribution < -0.4 is 10.2 Å². The van der Waals surface area contributed by atoms with Crippen molar-refractivity contribution >= 4 is 44.3 Å². The molecule has 10 heteroatoms. The Balaban J connectivity index is 1.34. The first kappa shape index (κ1) is 22.1. The third-order valence-electron chi connectivity index (χ3n) is 6.38. The lowest BCUT2D eigenvalue weighted by Crippen LogP contribution is -2.48. The molecule has 0 aliphatic carbocycles. The first-order valence-electron chi connectivity index (χ1n) is 11.1. The van der Waals surface area contributed by atoms with Gasteiger partial charge in [0.2, 0.25) is 5.91 Å². The van der Waals surface area contributed by atoms with Crippen molar-refractivity contribution in [2.75, 3.05) is 23.0 Å². The number of fused-ring (bicyclic) bond motifs is 1. The number of sulfone groups is 1. The van der Waals surface area contributed by atoms with Gasteiger partial charge in [-0.15, -0.1) is 0 Å². The highest BCUT2D eigenvalue weighted by molar-refractivity contribution is 7.91. The number of benzene rings is 2. The second-order valence-electron chi connectivity index (χ2n) is 8.65. The van der Waals surface area contributed by atoms with Crippen LogP contribution in [0, 0.1) is 0 Å². The zero-order chi connectivity index (χ0) is 23.9. The van der Waals surface area contributed by atoms with Crippen molar-refractivity contribution in [2.45, 2.75) is 24.9 Å². The number of rotatable bonds is 6. The SMILES string of the molecule is O=C1N[C@H](Cc2c[nH]c3ccccc23)C(=O)N1CC(=O)N(c1ccccc1)[C@H]1CCS(=O)(=O)C1. The molecule has 0 bridgehead atoms. The van der Waals surface area contributed by atoms with Crippen molar-refractivity contribution in [3.05, 3.63) is 66.4 Å². The zero-order valence-corrected chi connectivity index (χ0v) is 19.1. The molecule has 3 heterocycles. The van der Waals surface area contributed by atoms with Gasteiger partial charge in [0.05, 0.1) is 17.5 Å². The Bertz CT molecular complexity index is 1370. The summed E-state index contributed by atoms with van der Waals surface area (Å²) in [6, 6.07) is 14.5. The van der Waals surface area contributed by atoms with E-state index in [1.807, 2.05) is 30.5 Å². The molecule has 9 nitrogen and oxygen atoms in total. The molecule has 0 saturated carbocycles. The fraction of sp³-hybridized carbons (Fsp3) is 0.292. The maximum Gasteiger partial charge on any atom is 0.325 e. The molecule has 34 heavy (non-hydrogen) atoms. The van der Waals surface area contributed by atoms with Crippen LogP contribution in [0.1, 0.15) is 12.0 Å². The van der Waals surface area contributed by atoms with Crippen LogP contribution in [-0.4, -0.2) is 66.3 Å². The molecule has 0 unspecified atom stereocenters. The minimum Gasteiger partial charge on any atom is -0.361 e. The number of nitrogens with zero attached hydrogens (tertiary/aromatic N) is 2. The van der Waals surface area contributed by atoms with Gasteiger partial charge < -0.3 is 15.2 Å². The van der Waals surface area contributed by atoms with E-state index in [1.165, 1.54) is 4.90 Å². The molecule has 3 aromatic rings. The summed E-state index contributed by atoms with van der Waals surface area (Å²) in [6.45, 7) is -0.458. The predicted molar refractivity (Wildman–Crippen MR) is 127 cm³/mol. The lowest BCUT2D eigenvalue weighted by atomic mass is 10.1. The van der Waals surface area contributed by atoms with Crippen molar-refractivity contribution in [1.29, 1.82) is 0 Å². The van der Waals surface area contributed by atoms with Crippen LogP contribution in [0.4, 0.5) is 10.5 Å². The molecule has 1 aromatic heterocycles. The molecular weight excluding hydrogens is 456 g/mol. The van der Waals surface area contributed by atoms with E-state index in [4.69, 9.17) is 0 Å². The van der Waals surface area contributed by atoms with Crippen LogP contribution in [0.3, 0.4) is 0 Å². The Morgan fingerprint density at radius 1 is 1.06 bits per heavy atom. The molecule has 4 amide bonds. The van der Waals surface area contributed by atoms with Gasteiger partial charge in [-0.05, 0) is 30.2 Å². The largest absolute Gasteiger partial charge is 0.361 e. The fourth-order valence-corrected chi connectivity index (χ4v) is 6.42. The van der Waals surface area contributed by atoms with Crippen LogP contribution >= 0.6 is 0 Å². The van der Waals surface area contributed by atoms with Crippen molar-refractivity contribution in [3.63, 3.8) is 0 Å². The molecule has 2 saturated heterocycles. The van der Waals surface area contributed by atoms with E-state index < -0.39 is 46.3 Å². The van der Waals surface area contributed by atoms with Crippen molar-refractivity contribution in [2.24, 2.45) is 0 Å². The molecule has 5 rings (SSSR count). The molecule has 2 aromatic carbocycles. The average Bonchev–Trinajstić information content (AvgIpc) is 3.47. The van der Waals surface area contributed by atoms with Crippen molar-refractivity contribution in [3.8, 4) is 0 Å². The van der Waals surface area contributed by atoms with Gasteiger partial charge in [-0.3, -0.25) is 14.5 Å². The molecule has 0 spiro atoms. The fourth-order valence-electron chi connectivity index (χ4n) is 4.72. The van der Waals surface area contributed by atoms with Gasteiger partial charge in [0.1, 0.15) is 12.6 Å². The number of hydrogen-bond donors (Lipinski definition) is 2. The Morgan fingerprint density at radius 2 is 1.79 bits per heavy atom. The van der Waals surface area contributed by atoms with Crippen molar-refractivity contribution < 1.29 is 22.8 Å². The summed E-state index contributed by atoms with van der Waals surface area (Å²) in [5.41, 5.74) is 2.37. The minimum atomic E-state index is -3.24. The van der Waals surface area contributed by atoms with Gasteiger partial charge in [0.15, 0.2) is 9.84 Å². The summed E-state index contributed by atoms with van der Waals surface area (Å²) in [4.78, 5) is 44.5. The Morgan fingerprint density at radius 3 is 2.53 bits per heavy atom. The average molecular weight is 481 g/mol. The molecule has 2 fully saturated rings. The zero-order valence-electron chi connectivity index (χ0n) is 18.3. The first-order valence-corrected chi connectivity index (χ1v) is 12.9. The van der Waals surface area contributed by atoms with E-state index in [9.17, 15) is 22.8 Å². The second kappa shape index (κ2) is 8.60. The monoisotopic (exact) mass is 480 g/mol. The normalized spacial score (nSPS) is 21.7. The summed E-state index contributed by atoms with van der Waals surface area (Å²) in [5.74, 6) is -1.11. The molecule has 2 atom stereocenters. The Hall–Kier alpha value is -3.66. The van der Waals surface area contributed by atoms with E-state index in [1.54, 1.807) is 30.3 Å². The third kappa shape index (κ3) is 4.16. The van der Waals surface area contributed by atoms with Crippen molar-refractivity contribution in [1.82, 2.24) is 15.2 Å². The lowest BCUT2D eigenvalue weighted by molar-refractivity contribution is -0.131. The number of carbonyl (C=O) groups is 3. The quantitative estimate of drug-likeness (QED) is 0.522. The maximum absolute atomic E-state index is 13.3. The topological polar surface area (TPSA) is 120 Å². The Kier molecular flexibility index (Phi) is 5.60. The highest BCUT2D eigenvalue weighted by Crippen LogP contribution is 2.26. The first-order chi connectivity index (χ1) is 16.3. The van der Waals surface area contributed by atoms with Crippen LogP contribution in [0.5, 0.6) is 0 Å². The number of amides is 4. The van der Waals surface area contributed by atoms with E-state index >= 15 is 0 Å². The Labute approximate surface area is 196 Å². The van der Waals surface area contributed by atoms with E-state index in [0.29, 0.717) is 18.5 Å². The minimum absolute atomic E-state index is 0.00407. The van der Waals surface area contributed by atoms with Gasteiger partial charge in [-0.25, -0.2) is 13.2 Å². The smallest absolute Gasteiger partial charge is 0.325 e. The standard InChI is InChI=1S/C24H24N4O5S/c29-22(28(17-6-2-1-3-7-17)18-10-11-34(32,33)15-18)14-27-23(30)21(26-24(27)31)12-16-13-25-20-9-5-4-8-19(16)20/h1-9,13,18,21,25H,10-12,14-15H2,(H,26,31)/t18-,21+/m0/s1. The highest BCUT2D eigenvalue weighted by Gasteiger charge is 2.42. The number of hydrogen-bond acceptors (Lipinski definition) is 5. The van der Waals surface area contributed by atoms with E-state index in [-0.39, 0.29) is 11.5 Å². The third-order valence-corrected chi connectivity index (χ3v) is 8.13. The molecule has 176 valence electrons. The summed E-state index contributed by atoms with van der Waals surface area (Å²) < 4.78 is 24.1. The highest BCUT2D eigenvalue weighted by atomic mass is 32.2. The van der Waals surface area contributed by atoms with Crippen LogP contribution in [0.15, 0.2) is 60.8 Å². The molecular formula is C24H24N4O5S. The number of para-hydroxylation sites is 2. The number of H-pyrrole nitrogens is 1. The summed E-state index contributed by atoms with van der Waals surface area (Å²) in [5, 5.41) is 3.65. The molecule has 2 N–H and O–H groups in total. The number of imide groups is 1. The van der Waals surface area contributed by atoms with Crippen LogP contribution in [-0.2, 0) is 25.8 Å². The number of anilines is 1. The number of aromatic amines is 1. The summed E-state index contributed by atoms with van der Waals surface area (Å²) in [7, 11) is -3.24.